The van der Waals surface area contributed by atoms with Gasteiger partial charge in [-0.3, -0.25) is 0 Å². The smallest absolute Gasteiger partial charge is 0.0900 e. The molecule has 0 aliphatic heterocycles. The van der Waals surface area contributed by atoms with Crippen LogP contribution in [0.15, 0.2) is 24.3 Å². The molecule has 1 atom stereocenters. The summed E-state index contributed by atoms with van der Waals surface area (Å²) in [4.78, 5) is 5.60. The van der Waals surface area contributed by atoms with Crippen LogP contribution in [0.3, 0.4) is 0 Å². The lowest BCUT2D eigenvalue weighted by molar-refractivity contribution is 0.875. The molecule has 2 N–H and O–H groups in total. The third kappa shape index (κ3) is 2.56. The molecule has 90 valence electrons. The zero-order valence-electron chi connectivity index (χ0n) is 10.5. The van der Waals surface area contributed by atoms with Gasteiger partial charge < -0.3 is 5.73 Å². The molecule has 2 nitrogen and oxygen atoms in total. The van der Waals surface area contributed by atoms with Gasteiger partial charge >= 0.3 is 0 Å². The van der Waals surface area contributed by atoms with Crippen LogP contribution in [-0.4, -0.2) is 4.98 Å². The second-order valence-electron chi connectivity index (χ2n) is 4.26. The van der Waals surface area contributed by atoms with Crippen LogP contribution in [0.4, 0.5) is 0 Å². The van der Waals surface area contributed by atoms with Gasteiger partial charge in [0.2, 0.25) is 0 Å². The van der Waals surface area contributed by atoms with E-state index in [0.29, 0.717) is 0 Å². The fourth-order valence-corrected chi connectivity index (χ4v) is 2.90. The van der Waals surface area contributed by atoms with Gasteiger partial charge in [-0.15, -0.1) is 11.3 Å². The van der Waals surface area contributed by atoms with Crippen molar-refractivity contribution in [2.75, 3.05) is 0 Å². The van der Waals surface area contributed by atoms with Crippen molar-refractivity contribution in [2.24, 2.45) is 5.73 Å². The second kappa shape index (κ2) is 4.98. The van der Waals surface area contributed by atoms with Gasteiger partial charge in [0.25, 0.3) is 0 Å². The first-order valence-electron chi connectivity index (χ1n) is 5.90. The van der Waals surface area contributed by atoms with Crippen LogP contribution in [0.25, 0.3) is 0 Å². The van der Waals surface area contributed by atoms with Crippen molar-refractivity contribution >= 4 is 11.3 Å². The van der Waals surface area contributed by atoms with E-state index in [2.05, 4.69) is 36.2 Å². The van der Waals surface area contributed by atoms with Gasteiger partial charge in [-0.2, -0.15) is 0 Å². The Morgan fingerprint density at radius 1 is 1.24 bits per heavy atom. The van der Waals surface area contributed by atoms with Crippen LogP contribution in [0.5, 0.6) is 0 Å². The van der Waals surface area contributed by atoms with Crippen molar-refractivity contribution in [1.29, 1.82) is 0 Å². The predicted octanol–water partition coefficient (Wildman–Crippen LogP) is 3.37. The molecule has 1 heterocycles. The number of aromatic nitrogens is 1. The van der Waals surface area contributed by atoms with Gasteiger partial charge in [0.15, 0.2) is 0 Å². The molecule has 0 aliphatic carbocycles. The van der Waals surface area contributed by atoms with E-state index < -0.39 is 0 Å². The Morgan fingerprint density at radius 3 is 2.35 bits per heavy atom. The highest BCUT2D eigenvalue weighted by Crippen LogP contribution is 2.28. The normalized spacial score (nSPS) is 12.7. The van der Waals surface area contributed by atoms with Gasteiger partial charge in [-0.25, -0.2) is 4.98 Å². The Kier molecular flexibility index (Phi) is 3.60. The maximum Gasteiger partial charge on any atom is 0.0900 e. The third-order valence-electron chi connectivity index (χ3n) is 2.97. The monoisotopic (exact) mass is 246 g/mol. The SMILES string of the molecule is CCc1ccc(C(N)c2sc(C)nc2C)cc1. The van der Waals surface area contributed by atoms with E-state index in [1.807, 2.05) is 13.8 Å². The van der Waals surface area contributed by atoms with Crippen LogP contribution >= 0.6 is 11.3 Å². The lowest BCUT2D eigenvalue weighted by Gasteiger charge is -2.11. The molecule has 0 bridgehead atoms. The van der Waals surface area contributed by atoms with E-state index in [1.165, 1.54) is 10.4 Å². The van der Waals surface area contributed by atoms with Crippen molar-refractivity contribution in [1.82, 2.24) is 4.98 Å². The minimum Gasteiger partial charge on any atom is -0.320 e. The Labute approximate surface area is 107 Å². The number of nitrogens with zero attached hydrogens (tertiary/aromatic N) is 1. The first-order valence-corrected chi connectivity index (χ1v) is 6.71. The Bertz CT molecular complexity index is 499. The molecule has 3 heteroatoms. The van der Waals surface area contributed by atoms with E-state index in [-0.39, 0.29) is 6.04 Å². The number of aryl methyl sites for hydroxylation is 3. The molecule has 1 aromatic carbocycles. The number of thiazole rings is 1. The molecule has 0 amide bonds. The molecule has 2 rings (SSSR count). The van der Waals surface area contributed by atoms with Crippen LogP contribution in [0, 0.1) is 13.8 Å². The highest BCUT2D eigenvalue weighted by Gasteiger charge is 2.15. The van der Waals surface area contributed by atoms with Crippen LogP contribution in [-0.2, 0) is 6.42 Å². The predicted molar refractivity (Wildman–Crippen MR) is 73.4 cm³/mol. The first-order chi connectivity index (χ1) is 8.11. The molecule has 1 aromatic heterocycles. The molecular weight excluding hydrogens is 228 g/mol. The summed E-state index contributed by atoms with van der Waals surface area (Å²) in [5.41, 5.74) is 9.85. The van der Waals surface area contributed by atoms with E-state index in [9.17, 15) is 0 Å². The molecule has 0 spiro atoms. The van der Waals surface area contributed by atoms with Gasteiger partial charge in [0.05, 0.1) is 16.7 Å². The molecule has 2 aromatic rings. The summed E-state index contributed by atoms with van der Waals surface area (Å²) >= 11 is 1.69. The van der Waals surface area contributed by atoms with Gasteiger partial charge in [0.1, 0.15) is 0 Å². The highest BCUT2D eigenvalue weighted by molar-refractivity contribution is 7.11. The zero-order chi connectivity index (χ0) is 12.4. The molecule has 0 saturated heterocycles. The van der Waals surface area contributed by atoms with Gasteiger partial charge in [-0.1, -0.05) is 31.2 Å². The number of benzene rings is 1. The standard InChI is InChI=1S/C14H18N2S/c1-4-11-5-7-12(8-6-11)13(15)14-9(2)16-10(3)17-14/h5-8,13H,4,15H2,1-3H3. The minimum atomic E-state index is -0.0490. The molecule has 0 saturated carbocycles. The maximum absolute atomic E-state index is 6.29. The minimum absolute atomic E-state index is 0.0490. The number of hydrogen-bond donors (Lipinski definition) is 1. The van der Waals surface area contributed by atoms with Crippen molar-refractivity contribution in [3.63, 3.8) is 0 Å². The van der Waals surface area contributed by atoms with E-state index in [0.717, 1.165) is 22.7 Å². The Balaban J connectivity index is 2.30. The second-order valence-corrected chi connectivity index (χ2v) is 5.49. The summed E-state index contributed by atoms with van der Waals surface area (Å²) in [6.45, 7) is 6.21. The Hall–Kier alpha value is -1.19. The number of hydrogen-bond acceptors (Lipinski definition) is 3. The summed E-state index contributed by atoms with van der Waals surface area (Å²) in [7, 11) is 0. The van der Waals surface area contributed by atoms with Gasteiger partial charge in [-0.05, 0) is 31.4 Å². The summed E-state index contributed by atoms with van der Waals surface area (Å²) in [5, 5.41) is 1.08. The Morgan fingerprint density at radius 2 is 1.88 bits per heavy atom. The highest BCUT2D eigenvalue weighted by atomic mass is 32.1. The van der Waals surface area contributed by atoms with Crippen molar-refractivity contribution in [3.05, 3.63) is 51.0 Å². The topological polar surface area (TPSA) is 38.9 Å². The number of nitrogens with two attached hydrogens (primary N) is 1. The van der Waals surface area contributed by atoms with E-state index in [1.54, 1.807) is 11.3 Å². The molecule has 0 fully saturated rings. The summed E-state index contributed by atoms with van der Waals surface area (Å²) < 4.78 is 0. The maximum atomic E-state index is 6.29. The third-order valence-corrected chi connectivity index (χ3v) is 4.12. The van der Waals surface area contributed by atoms with Crippen LogP contribution in [0.1, 0.15) is 39.7 Å². The quantitative estimate of drug-likeness (QED) is 0.901. The average molecular weight is 246 g/mol. The summed E-state index contributed by atoms with van der Waals surface area (Å²) in [5.74, 6) is 0. The zero-order valence-corrected chi connectivity index (χ0v) is 11.3. The molecule has 1 unspecified atom stereocenters. The van der Waals surface area contributed by atoms with Crippen molar-refractivity contribution < 1.29 is 0 Å². The fraction of sp³-hybridized carbons (Fsp3) is 0.357. The largest absolute Gasteiger partial charge is 0.320 e. The van der Waals surface area contributed by atoms with Crippen molar-refractivity contribution in [3.8, 4) is 0 Å². The van der Waals surface area contributed by atoms with Crippen LogP contribution in [0.2, 0.25) is 0 Å². The average Bonchev–Trinajstić information content (AvgIpc) is 2.68. The molecular formula is C14H18N2S. The fourth-order valence-electron chi connectivity index (χ4n) is 1.95. The van der Waals surface area contributed by atoms with Crippen LogP contribution < -0.4 is 5.73 Å². The lowest BCUT2D eigenvalue weighted by atomic mass is 10.0. The summed E-state index contributed by atoms with van der Waals surface area (Å²) in [6.07, 6.45) is 1.06. The van der Waals surface area contributed by atoms with Crippen molar-refractivity contribution in [2.45, 2.75) is 33.2 Å². The van der Waals surface area contributed by atoms with E-state index >= 15 is 0 Å². The molecule has 0 aliphatic rings. The molecule has 0 radical (unpaired) electrons. The summed E-state index contributed by atoms with van der Waals surface area (Å²) in [6, 6.07) is 8.50. The lowest BCUT2D eigenvalue weighted by Crippen LogP contribution is -2.11. The number of rotatable bonds is 3. The first kappa shape index (κ1) is 12.3. The molecule has 17 heavy (non-hydrogen) atoms. The van der Waals surface area contributed by atoms with E-state index in [4.69, 9.17) is 5.73 Å². The van der Waals surface area contributed by atoms with Gasteiger partial charge in [0, 0.05) is 4.88 Å².